The van der Waals surface area contributed by atoms with Crippen molar-refractivity contribution < 1.29 is 4.79 Å². The Morgan fingerprint density at radius 1 is 1.25 bits per heavy atom. The summed E-state index contributed by atoms with van der Waals surface area (Å²) in [6, 6.07) is 4.55. The van der Waals surface area contributed by atoms with E-state index >= 15 is 0 Å². The predicted molar refractivity (Wildman–Crippen MR) is 94.9 cm³/mol. The molecule has 0 N–H and O–H groups in total. The van der Waals surface area contributed by atoms with Gasteiger partial charge in [-0.1, -0.05) is 0 Å². The van der Waals surface area contributed by atoms with Crippen molar-refractivity contribution >= 4 is 11.7 Å². The average Bonchev–Trinajstić information content (AvgIpc) is 3.04. The Kier molecular flexibility index (Phi) is 5.66. The molecular formula is C18H29N5O. The van der Waals surface area contributed by atoms with Crippen molar-refractivity contribution in [2.45, 2.75) is 38.6 Å². The minimum atomic E-state index is 0.215. The number of rotatable bonds is 5. The van der Waals surface area contributed by atoms with Gasteiger partial charge >= 0.3 is 0 Å². The van der Waals surface area contributed by atoms with Crippen molar-refractivity contribution in [3.8, 4) is 0 Å². The van der Waals surface area contributed by atoms with E-state index in [4.69, 9.17) is 0 Å². The van der Waals surface area contributed by atoms with Crippen LogP contribution >= 0.6 is 0 Å². The van der Waals surface area contributed by atoms with Crippen molar-refractivity contribution in [1.82, 2.24) is 20.0 Å². The standard InChI is InChI=1S/C18H29N5O/c1-15(24)22-11-7-16(8-12-22)13-21(2)14-17-5-4-10-23(17)18-6-3-9-19-20-18/h3,6,9,16-17H,4-5,7-8,10-14H2,1-2H3. The smallest absolute Gasteiger partial charge is 0.219 e. The zero-order chi connectivity index (χ0) is 16.9. The molecule has 2 aliphatic rings. The van der Waals surface area contributed by atoms with Crippen molar-refractivity contribution in [2.75, 3.05) is 44.7 Å². The van der Waals surface area contributed by atoms with E-state index in [1.807, 2.05) is 11.0 Å². The van der Waals surface area contributed by atoms with Crippen LogP contribution in [-0.4, -0.2) is 71.7 Å². The number of likely N-dealkylation sites (tertiary alicyclic amines) is 1. The second-order valence-electron chi connectivity index (χ2n) is 7.24. The number of piperidine rings is 1. The molecule has 0 spiro atoms. The van der Waals surface area contributed by atoms with Crippen LogP contribution in [0.15, 0.2) is 18.3 Å². The molecule has 1 aromatic rings. The van der Waals surface area contributed by atoms with Crippen LogP contribution in [0.1, 0.15) is 32.6 Å². The van der Waals surface area contributed by atoms with E-state index in [1.54, 1.807) is 13.1 Å². The lowest BCUT2D eigenvalue weighted by atomic mass is 9.96. The molecule has 0 aromatic carbocycles. The van der Waals surface area contributed by atoms with Gasteiger partial charge in [0.1, 0.15) is 0 Å². The first-order chi connectivity index (χ1) is 11.6. The molecular weight excluding hydrogens is 302 g/mol. The Morgan fingerprint density at radius 2 is 2.04 bits per heavy atom. The Morgan fingerprint density at radius 3 is 2.71 bits per heavy atom. The summed E-state index contributed by atoms with van der Waals surface area (Å²) < 4.78 is 0. The minimum absolute atomic E-state index is 0.215. The summed E-state index contributed by atoms with van der Waals surface area (Å²) in [5.41, 5.74) is 0. The molecule has 3 rings (SSSR count). The number of hydrogen-bond acceptors (Lipinski definition) is 5. The van der Waals surface area contributed by atoms with Crippen LogP contribution in [0.5, 0.6) is 0 Å². The summed E-state index contributed by atoms with van der Waals surface area (Å²) in [6.07, 6.45) is 6.44. The Bertz CT molecular complexity index is 529. The molecule has 1 atom stereocenters. The summed E-state index contributed by atoms with van der Waals surface area (Å²) in [4.78, 5) is 18.3. The highest BCUT2D eigenvalue weighted by Gasteiger charge is 2.28. The van der Waals surface area contributed by atoms with E-state index in [9.17, 15) is 4.79 Å². The molecule has 0 aliphatic carbocycles. The van der Waals surface area contributed by atoms with E-state index in [2.05, 4.69) is 33.1 Å². The second-order valence-corrected chi connectivity index (χ2v) is 7.24. The highest BCUT2D eigenvalue weighted by molar-refractivity contribution is 5.73. The van der Waals surface area contributed by atoms with Gasteiger partial charge in [0.2, 0.25) is 5.91 Å². The molecule has 2 fully saturated rings. The molecule has 2 saturated heterocycles. The third-order valence-electron chi connectivity index (χ3n) is 5.38. The van der Waals surface area contributed by atoms with E-state index in [0.717, 1.165) is 51.4 Å². The van der Waals surface area contributed by atoms with Crippen molar-refractivity contribution in [2.24, 2.45) is 5.92 Å². The lowest BCUT2D eigenvalue weighted by Crippen LogP contribution is -2.43. The first-order valence-electron chi connectivity index (χ1n) is 9.12. The highest BCUT2D eigenvalue weighted by atomic mass is 16.2. The normalized spacial score (nSPS) is 22.4. The molecule has 1 amide bonds. The Labute approximate surface area is 144 Å². The summed E-state index contributed by atoms with van der Waals surface area (Å²) in [7, 11) is 2.23. The summed E-state index contributed by atoms with van der Waals surface area (Å²) in [5.74, 6) is 1.92. The molecule has 3 heterocycles. The van der Waals surface area contributed by atoms with Crippen LogP contribution in [-0.2, 0) is 4.79 Å². The third-order valence-corrected chi connectivity index (χ3v) is 5.38. The van der Waals surface area contributed by atoms with Gasteiger partial charge in [-0.05, 0) is 50.8 Å². The maximum absolute atomic E-state index is 11.4. The summed E-state index contributed by atoms with van der Waals surface area (Å²) in [6.45, 7) is 6.79. The van der Waals surface area contributed by atoms with Crippen LogP contribution < -0.4 is 4.90 Å². The number of likely N-dealkylation sites (N-methyl/N-ethyl adjacent to an activating group) is 1. The number of nitrogens with zero attached hydrogens (tertiary/aromatic N) is 5. The van der Waals surface area contributed by atoms with Gasteiger partial charge in [-0.3, -0.25) is 4.79 Å². The molecule has 1 unspecified atom stereocenters. The Balaban J connectivity index is 1.48. The second kappa shape index (κ2) is 7.92. The van der Waals surface area contributed by atoms with Crippen molar-refractivity contribution in [1.29, 1.82) is 0 Å². The average molecular weight is 331 g/mol. The lowest BCUT2D eigenvalue weighted by molar-refractivity contribution is -0.130. The number of aromatic nitrogens is 2. The fraction of sp³-hybridized carbons (Fsp3) is 0.722. The molecule has 6 heteroatoms. The number of carbonyl (C=O) groups excluding carboxylic acids is 1. The molecule has 1 aromatic heterocycles. The van der Waals surface area contributed by atoms with E-state index in [-0.39, 0.29) is 5.91 Å². The van der Waals surface area contributed by atoms with E-state index in [1.165, 1.54) is 12.8 Å². The monoisotopic (exact) mass is 331 g/mol. The quantitative estimate of drug-likeness (QED) is 0.821. The minimum Gasteiger partial charge on any atom is -0.351 e. The van der Waals surface area contributed by atoms with Gasteiger partial charge in [0.05, 0.1) is 0 Å². The first-order valence-corrected chi connectivity index (χ1v) is 9.12. The molecule has 0 radical (unpaired) electrons. The number of carbonyl (C=O) groups is 1. The van der Waals surface area contributed by atoms with Crippen LogP contribution in [0.2, 0.25) is 0 Å². The fourth-order valence-electron chi connectivity index (χ4n) is 4.08. The number of hydrogen-bond donors (Lipinski definition) is 0. The van der Waals surface area contributed by atoms with Crippen molar-refractivity contribution in [3.63, 3.8) is 0 Å². The SMILES string of the molecule is CC(=O)N1CCC(CN(C)CC2CCCN2c2cccnn2)CC1. The number of amides is 1. The zero-order valence-corrected chi connectivity index (χ0v) is 14.9. The van der Waals surface area contributed by atoms with Gasteiger partial charge in [0.15, 0.2) is 5.82 Å². The van der Waals surface area contributed by atoms with Gasteiger partial charge in [0, 0.05) is 51.9 Å². The fourth-order valence-corrected chi connectivity index (χ4v) is 4.08. The van der Waals surface area contributed by atoms with Gasteiger partial charge in [0.25, 0.3) is 0 Å². The van der Waals surface area contributed by atoms with Crippen LogP contribution in [0.3, 0.4) is 0 Å². The Hall–Kier alpha value is -1.69. The zero-order valence-electron chi connectivity index (χ0n) is 14.9. The number of anilines is 1. The van der Waals surface area contributed by atoms with Gasteiger partial charge < -0.3 is 14.7 Å². The van der Waals surface area contributed by atoms with Crippen LogP contribution in [0.25, 0.3) is 0 Å². The molecule has 0 bridgehead atoms. The largest absolute Gasteiger partial charge is 0.351 e. The lowest BCUT2D eigenvalue weighted by Gasteiger charge is -2.35. The van der Waals surface area contributed by atoms with Crippen LogP contribution in [0.4, 0.5) is 5.82 Å². The van der Waals surface area contributed by atoms with Gasteiger partial charge in [-0.2, -0.15) is 5.10 Å². The van der Waals surface area contributed by atoms with E-state index in [0.29, 0.717) is 12.0 Å². The molecule has 0 saturated carbocycles. The summed E-state index contributed by atoms with van der Waals surface area (Å²) >= 11 is 0. The van der Waals surface area contributed by atoms with Gasteiger partial charge in [-0.15, -0.1) is 5.10 Å². The first kappa shape index (κ1) is 17.1. The van der Waals surface area contributed by atoms with Crippen molar-refractivity contribution in [3.05, 3.63) is 18.3 Å². The highest BCUT2D eigenvalue weighted by Crippen LogP contribution is 2.24. The molecule has 24 heavy (non-hydrogen) atoms. The maximum atomic E-state index is 11.4. The van der Waals surface area contributed by atoms with Crippen LogP contribution in [0, 0.1) is 5.92 Å². The maximum Gasteiger partial charge on any atom is 0.219 e. The molecule has 132 valence electrons. The topological polar surface area (TPSA) is 52.6 Å². The van der Waals surface area contributed by atoms with E-state index < -0.39 is 0 Å². The summed E-state index contributed by atoms with van der Waals surface area (Å²) in [5, 5.41) is 8.30. The molecule has 6 nitrogen and oxygen atoms in total. The molecule has 2 aliphatic heterocycles. The third kappa shape index (κ3) is 4.23. The predicted octanol–water partition coefficient (Wildman–Crippen LogP) is 1.64. The van der Waals surface area contributed by atoms with Gasteiger partial charge in [-0.25, -0.2) is 0 Å².